The number of fused-ring (bicyclic) bond motifs is 2. The molecular formula is C22H20O4. The summed E-state index contributed by atoms with van der Waals surface area (Å²) in [5, 5.41) is 9.52. The molecule has 2 bridgehead atoms. The number of hydrogen-bond acceptors (Lipinski definition) is 3. The minimum Gasteiger partial charge on any atom is -0.481 e. The molecule has 0 amide bonds. The zero-order valence-corrected chi connectivity index (χ0v) is 14.2. The first-order chi connectivity index (χ1) is 12.6. The third kappa shape index (κ3) is 3.03. The van der Waals surface area contributed by atoms with Gasteiger partial charge in [0.25, 0.3) is 0 Å². The molecule has 132 valence electrons. The first kappa shape index (κ1) is 16.6. The maximum absolute atomic E-state index is 12.6. The monoisotopic (exact) mass is 348 g/mol. The van der Waals surface area contributed by atoms with Crippen LogP contribution in [0.3, 0.4) is 0 Å². The molecule has 1 fully saturated rings. The number of benzene rings is 2. The lowest BCUT2D eigenvalue weighted by molar-refractivity contribution is -0.145. The summed E-state index contributed by atoms with van der Waals surface area (Å²) in [5.41, 5.74) is 1.83. The van der Waals surface area contributed by atoms with Crippen LogP contribution in [0, 0.1) is 23.7 Å². The quantitative estimate of drug-likeness (QED) is 0.500. The zero-order chi connectivity index (χ0) is 18.1. The van der Waals surface area contributed by atoms with Gasteiger partial charge in [-0.3, -0.25) is 9.59 Å². The number of esters is 1. The van der Waals surface area contributed by atoms with E-state index >= 15 is 0 Å². The summed E-state index contributed by atoms with van der Waals surface area (Å²) in [4.78, 5) is 24.2. The Morgan fingerprint density at radius 3 is 2.42 bits per heavy atom. The van der Waals surface area contributed by atoms with E-state index in [0.29, 0.717) is 5.75 Å². The topological polar surface area (TPSA) is 63.6 Å². The van der Waals surface area contributed by atoms with Gasteiger partial charge in [0.1, 0.15) is 5.75 Å². The highest BCUT2D eigenvalue weighted by Gasteiger charge is 2.49. The Bertz CT molecular complexity index is 855. The minimum atomic E-state index is -0.815. The number of para-hydroxylation sites is 1. The predicted molar refractivity (Wildman–Crippen MR) is 97.5 cm³/mol. The van der Waals surface area contributed by atoms with Gasteiger partial charge in [-0.05, 0) is 35.8 Å². The minimum absolute atomic E-state index is 0.0481. The fourth-order valence-electron chi connectivity index (χ4n) is 4.34. The van der Waals surface area contributed by atoms with Crippen molar-refractivity contribution in [1.29, 1.82) is 0 Å². The maximum Gasteiger partial charge on any atom is 0.311 e. The molecule has 4 atom stereocenters. The Morgan fingerprint density at radius 2 is 1.65 bits per heavy atom. The number of aliphatic carboxylic acids is 1. The van der Waals surface area contributed by atoms with Crippen LogP contribution in [0.1, 0.15) is 12.8 Å². The van der Waals surface area contributed by atoms with Crippen LogP contribution >= 0.6 is 0 Å². The van der Waals surface area contributed by atoms with E-state index in [0.717, 1.165) is 17.5 Å². The maximum atomic E-state index is 12.6. The molecule has 2 aromatic carbocycles. The largest absolute Gasteiger partial charge is 0.481 e. The Morgan fingerprint density at radius 1 is 0.962 bits per heavy atom. The molecule has 4 nitrogen and oxygen atoms in total. The van der Waals surface area contributed by atoms with Crippen LogP contribution in [0.25, 0.3) is 11.1 Å². The number of carboxylic acids is 1. The molecule has 0 saturated heterocycles. The molecular weight excluding hydrogens is 328 g/mol. The molecule has 2 aromatic rings. The highest BCUT2D eigenvalue weighted by Crippen LogP contribution is 2.49. The number of hydrogen-bond donors (Lipinski definition) is 1. The van der Waals surface area contributed by atoms with E-state index in [2.05, 4.69) is 6.08 Å². The van der Waals surface area contributed by atoms with Gasteiger partial charge in [0, 0.05) is 5.56 Å². The molecule has 0 aromatic heterocycles. The normalized spacial score (nSPS) is 26.0. The van der Waals surface area contributed by atoms with Gasteiger partial charge in [-0.15, -0.1) is 0 Å². The third-order valence-corrected chi connectivity index (χ3v) is 5.51. The molecule has 0 heterocycles. The van der Waals surface area contributed by atoms with E-state index in [1.807, 2.05) is 54.6 Å². The molecule has 4 heteroatoms. The van der Waals surface area contributed by atoms with Crippen molar-refractivity contribution in [2.45, 2.75) is 12.8 Å². The van der Waals surface area contributed by atoms with Crippen molar-refractivity contribution in [3.05, 3.63) is 66.7 Å². The van der Waals surface area contributed by atoms with Crippen LogP contribution in [0.5, 0.6) is 5.75 Å². The molecule has 2 aliphatic carbocycles. The van der Waals surface area contributed by atoms with Crippen molar-refractivity contribution in [2.24, 2.45) is 23.7 Å². The van der Waals surface area contributed by atoms with Crippen molar-refractivity contribution in [3.8, 4) is 16.9 Å². The summed E-state index contributed by atoms with van der Waals surface area (Å²) in [5.74, 6) is -1.13. The molecule has 0 radical (unpaired) electrons. The van der Waals surface area contributed by atoms with Gasteiger partial charge >= 0.3 is 11.9 Å². The van der Waals surface area contributed by atoms with E-state index in [9.17, 15) is 14.7 Å². The molecule has 1 saturated carbocycles. The van der Waals surface area contributed by atoms with Gasteiger partial charge in [-0.2, -0.15) is 0 Å². The summed E-state index contributed by atoms with van der Waals surface area (Å²) < 4.78 is 5.64. The second-order valence-electron chi connectivity index (χ2n) is 7.02. The van der Waals surface area contributed by atoms with Gasteiger partial charge < -0.3 is 9.84 Å². The molecule has 1 N–H and O–H groups in total. The van der Waals surface area contributed by atoms with Gasteiger partial charge in [0.05, 0.1) is 12.3 Å². The molecule has 4 rings (SSSR count). The van der Waals surface area contributed by atoms with Crippen molar-refractivity contribution in [3.63, 3.8) is 0 Å². The number of carboxylic acid groups (broad SMARTS) is 1. The smallest absolute Gasteiger partial charge is 0.311 e. The number of ether oxygens (including phenoxy) is 1. The second-order valence-corrected chi connectivity index (χ2v) is 7.02. The van der Waals surface area contributed by atoms with E-state index in [1.54, 1.807) is 6.07 Å². The Balaban J connectivity index is 1.51. The Labute approximate surface area is 152 Å². The average molecular weight is 348 g/mol. The summed E-state index contributed by atoms with van der Waals surface area (Å²) in [6.45, 7) is 0. The predicted octanol–water partition coefficient (Wildman–Crippen LogP) is 4.17. The van der Waals surface area contributed by atoms with Crippen LogP contribution < -0.4 is 4.74 Å². The van der Waals surface area contributed by atoms with E-state index < -0.39 is 11.9 Å². The highest BCUT2D eigenvalue weighted by molar-refractivity contribution is 5.79. The highest BCUT2D eigenvalue weighted by atomic mass is 16.5. The fraction of sp³-hybridized carbons (Fsp3) is 0.273. The first-order valence-electron chi connectivity index (χ1n) is 8.90. The van der Waals surface area contributed by atoms with Crippen LogP contribution in [0.4, 0.5) is 0 Å². The summed E-state index contributed by atoms with van der Waals surface area (Å²) in [6, 6.07) is 17.2. The Hall–Kier alpha value is -2.88. The third-order valence-electron chi connectivity index (χ3n) is 5.51. The molecule has 26 heavy (non-hydrogen) atoms. The Kier molecular flexibility index (Phi) is 4.33. The van der Waals surface area contributed by atoms with Crippen molar-refractivity contribution in [2.75, 3.05) is 0 Å². The molecule has 0 spiro atoms. The summed E-state index contributed by atoms with van der Waals surface area (Å²) in [6.07, 6.45) is 5.00. The lowest BCUT2D eigenvalue weighted by Crippen LogP contribution is -2.30. The molecule has 2 aliphatic rings. The standard InChI is InChI=1S/C22H20O4/c23-20(13-18-15-10-11-16(12-15)21(18)22(24)25)26-19-9-5-4-8-17(19)14-6-2-1-3-7-14/h1-11,15-16,18,21H,12-13H2,(H,24,25). The lowest BCUT2D eigenvalue weighted by Gasteiger charge is -2.24. The average Bonchev–Trinajstić information content (AvgIpc) is 3.24. The van der Waals surface area contributed by atoms with Gasteiger partial charge in [-0.25, -0.2) is 0 Å². The van der Waals surface area contributed by atoms with Crippen LogP contribution in [-0.2, 0) is 9.59 Å². The van der Waals surface area contributed by atoms with Gasteiger partial charge in [0.15, 0.2) is 0 Å². The van der Waals surface area contributed by atoms with Crippen molar-refractivity contribution in [1.82, 2.24) is 0 Å². The lowest BCUT2D eigenvalue weighted by atomic mass is 9.81. The summed E-state index contributed by atoms with van der Waals surface area (Å²) >= 11 is 0. The molecule has 4 unspecified atom stereocenters. The van der Waals surface area contributed by atoms with Crippen LogP contribution in [-0.4, -0.2) is 17.0 Å². The second kappa shape index (κ2) is 6.79. The molecule has 0 aliphatic heterocycles. The number of carbonyl (C=O) groups excluding carboxylic acids is 1. The fourth-order valence-corrected chi connectivity index (χ4v) is 4.34. The number of carbonyl (C=O) groups is 2. The number of allylic oxidation sites excluding steroid dienone is 2. The SMILES string of the molecule is O=C(CC1C2C=CC(C2)C1C(=O)O)Oc1ccccc1-c1ccccc1. The summed E-state index contributed by atoms with van der Waals surface area (Å²) in [7, 11) is 0. The van der Waals surface area contributed by atoms with E-state index in [-0.39, 0.29) is 30.1 Å². The van der Waals surface area contributed by atoms with Gasteiger partial charge in [0.2, 0.25) is 0 Å². The first-order valence-corrected chi connectivity index (χ1v) is 8.90. The van der Waals surface area contributed by atoms with E-state index in [1.165, 1.54) is 0 Å². The van der Waals surface area contributed by atoms with Crippen molar-refractivity contribution < 1.29 is 19.4 Å². The van der Waals surface area contributed by atoms with Crippen LogP contribution in [0.15, 0.2) is 66.7 Å². The van der Waals surface area contributed by atoms with Crippen LogP contribution in [0.2, 0.25) is 0 Å². The van der Waals surface area contributed by atoms with E-state index in [4.69, 9.17) is 4.74 Å². The number of rotatable bonds is 5. The van der Waals surface area contributed by atoms with Gasteiger partial charge in [-0.1, -0.05) is 60.7 Å². The van der Waals surface area contributed by atoms with Crippen molar-refractivity contribution >= 4 is 11.9 Å². The zero-order valence-electron chi connectivity index (χ0n) is 14.2.